The molecule has 2 aromatic carbocycles. The molecule has 1 atom stereocenters. The molecule has 0 aliphatic heterocycles. The molecule has 0 fully saturated rings. The van der Waals surface area contributed by atoms with Crippen LogP contribution in [0.25, 0.3) is 0 Å². The first-order valence-electron chi connectivity index (χ1n) is 5.61. The molecular formula is C14H11Cl3FN. The second-order valence-electron chi connectivity index (χ2n) is 4.01. The Morgan fingerprint density at radius 1 is 0.947 bits per heavy atom. The van der Waals surface area contributed by atoms with Crippen molar-refractivity contribution in [2.45, 2.75) is 6.04 Å². The van der Waals surface area contributed by atoms with E-state index in [-0.39, 0.29) is 5.02 Å². The van der Waals surface area contributed by atoms with E-state index in [1.807, 2.05) is 0 Å². The van der Waals surface area contributed by atoms with Gasteiger partial charge >= 0.3 is 0 Å². The summed E-state index contributed by atoms with van der Waals surface area (Å²) in [6, 6.07) is 9.72. The Morgan fingerprint density at radius 3 is 2.16 bits per heavy atom. The molecule has 5 heteroatoms. The normalized spacial score (nSPS) is 12.5. The fraction of sp³-hybridized carbons (Fsp3) is 0.143. The van der Waals surface area contributed by atoms with E-state index in [9.17, 15) is 4.39 Å². The molecule has 2 rings (SSSR count). The lowest BCUT2D eigenvalue weighted by Gasteiger charge is -2.20. The highest BCUT2D eigenvalue weighted by atomic mass is 35.5. The van der Waals surface area contributed by atoms with Gasteiger partial charge in [0.1, 0.15) is 5.82 Å². The Labute approximate surface area is 126 Å². The predicted octanol–water partition coefficient (Wildman–Crippen LogP) is 5.09. The smallest absolute Gasteiger partial charge is 0.146 e. The van der Waals surface area contributed by atoms with Crippen LogP contribution in [0.5, 0.6) is 0 Å². The molecule has 0 heterocycles. The van der Waals surface area contributed by atoms with Gasteiger partial charge in [0.25, 0.3) is 0 Å². The lowest BCUT2D eigenvalue weighted by atomic mass is 9.98. The standard InChI is InChI=1S/C14H11Cl3FN/c1-19-14(8-4-2-6-10(15)12(8)17)9-5-3-7-11(16)13(9)18/h2-7,14,19H,1H3. The zero-order valence-corrected chi connectivity index (χ0v) is 12.3. The average molecular weight is 319 g/mol. The van der Waals surface area contributed by atoms with Crippen molar-refractivity contribution in [1.29, 1.82) is 0 Å². The van der Waals surface area contributed by atoms with Gasteiger partial charge < -0.3 is 5.32 Å². The fourth-order valence-corrected chi connectivity index (χ4v) is 2.56. The minimum Gasteiger partial charge on any atom is -0.309 e. The van der Waals surface area contributed by atoms with Crippen molar-refractivity contribution in [3.8, 4) is 0 Å². The molecule has 0 bridgehead atoms. The van der Waals surface area contributed by atoms with Crippen molar-refractivity contribution in [2.75, 3.05) is 7.05 Å². The fourth-order valence-electron chi connectivity index (χ4n) is 1.97. The molecule has 0 saturated heterocycles. The average Bonchev–Trinajstić information content (AvgIpc) is 2.40. The van der Waals surface area contributed by atoms with Crippen LogP contribution in [-0.4, -0.2) is 7.05 Å². The SMILES string of the molecule is CNC(c1cccc(Cl)c1F)c1cccc(Cl)c1Cl. The summed E-state index contributed by atoms with van der Waals surface area (Å²) in [5, 5.41) is 3.95. The molecule has 100 valence electrons. The van der Waals surface area contributed by atoms with E-state index < -0.39 is 11.9 Å². The third-order valence-electron chi connectivity index (χ3n) is 2.87. The van der Waals surface area contributed by atoms with Gasteiger partial charge in [0.05, 0.1) is 21.1 Å². The van der Waals surface area contributed by atoms with Crippen molar-refractivity contribution >= 4 is 34.8 Å². The number of hydrogen-bond acceptors (Lipinski definition) is 1. The summed E-state index contributed by atoms with van der Waals surface area (Å²) in [7, 11) is 1.72. The summed E-state index contributed by atoms with van der Waals surface area (Å²) < 4.78 is 14.1. The van der Waals surface area contributed by atoms with Crippen LogP contribution in [0.15, 0.2) is 36.4 Å². The van der Waals surface area contributed by atoms with Crippen LogP contribution >= 0.6 is 34.8 Å². The second-order valence-corrected chi connectivity index (χ2v) is 5.20. The van der Waals surface area contributed by atoms with Crippen molar-refractivity contribution in [3.05, 3.63) is 68.4 Å². The molecule has 2 aromatic rings. The minimum absolute atomic E-state index is 0.0795. The van der Waals surface area contributed by atoms with Crippen LogP contribution in [0.3, 0.4) is 0 Å². The van der Waals surface area contributed by atoms with Crippen LogP contribution < -0.4 is 5.32 Å². The van der Waals surface area contributed by atoms with E-state index in [0.29, 0.717) is 21.2 Å². The van der Waals surface area contributed by atoms with Gasteiger partial charge in [-0.2, -0.15) is 0 Å². The van der Waals surface area contributed by atoms with Crippen molar-refractivity contribution in [2.24, 2.45) is 0 Å². The monoisotopic (exact) mass is 317 g/mol. The van der Waals surface area contributed by atoms with Crippen molar-refractivity contribution in [1.82, 2.24) is 5.32 Å². The Kier molecular flexibility index (Phi) is 4.69. The highest BCUT2D eigenvalue weighted by Crippen LogP contribution is 2.35. The molecule has 0 aromatic heterocycles. The van der Waals surface area contributed by atoms with E-state index in [1.165, 1.54) is 6.07 Å². The van der Waals surface area contributed by atoms with Crippen LogP contribution in [-0.2, 0) is 0 Å². The van der Waals surface area contributed by atoms with Crippen LogP contribution in [0.1, 0.15) is 17.2 Å². The number of benzene rings is 2. The van der Waals surface area contributed by atoms with Gasteiger partial charge in [0.2, 0.25) is 0 Å². The molecule has 0 radical (unpaired) electrons. The van der Waals surface area contributed by atoms with E-state index in [4.69, 9.17) is 34.8 Å². The lowest BCUT2D eigenvalue weighted by Crippen LogP contribution is -2.19. The van der Waals surface area contributed by atoms with Crippen LogP contribution in [0.4, 0.5) is 4.39 Å². The van der Waals surface area contributed by atoms with E-state index >= 15 is 0 Å². The Balaban J connectivity index is 2.57. The van der Waals surface area contributed by atoms with Gasteiger partial charge in [-0.05, 0) is 24.7 Å². The van der Waals surface area contributed by atoms with Gasteiger partial charge in [0, 0.05) is 5.56 Å². The number of nitrogens with one attached hydrogen (secondary N) is 1. The molecule has 1 unspecified atom stereocenters. The second kappa shape index (κ2) is 6.10. The molecule has 1 N–H and O–H groups in total. The van der Waals surface area contributed by atoms with E-state index in [2.05, 4.69) is 5.32 Å². The highest BCUT2D eigenvalue weighted by molar-refractivity contribution is 6.42. The summed E-state index contributed by atoms with van der Waals surface area (Å²) >= 11 is 18.0. The maximum Gasteiger partial charge on any atom is 0.146 e. The summed E-state index contributed by atoms with van der Waals surface area (Å²) in [5.74, 6) is -0.459. The summed E-state index contributed by atoms with van der Waals surface area (Å²) in [6.45, 7) is 0. The minimum atomic E-state index is -0.459. The molecule has 0 spiro atoms. The van der Waals surface area contributed by atoms with Crippen molar-refractivity contribution < 1.29 is 4.39 Å². The predicted molar refractivity (Wildman–Crippen MR) is 78.8 cm³/mol. The van der Waals surface area contributed by atoms with Gasteiger partial charge in [-0.25, -0.2) is 4.39 Å². The third-order valence-corrected chi connectivity index (χ3v) is 4.00. The van der Waals surface area contributed by atoms with Crippen LogP contribution in [0, 0.1) is 5.82 Å². The number of rotatable bonds is 3. The first kappa shape index (κ1) is 14.6. The van der Waals surface area contributed by atoms with Crippen LogP contribution in [0.2, 0.25) is 15.1 Å². The van der Waals surface area contributed by atoms with Gasteiger partial charge in [-0.15, -0.1) is 0 Å². The highest BCUT2D eigenvalue weighted by Gasteiger charge is 2.20. The molecule has 19 heavy (non-hydrogen) atoms. The zero-order chi connectivity index (χ0) is 14.0. The third kappa shape index (κ3) is 2.87. The van der Waals surface area contributed by atoms with E-state index in [0.717, 1.165) is 0 Å². The topological polar surface area (TPSA) is 12.0 Å². The summed E-state index contributed by atoms with van der Waals surface area (Å²) in [5.41, 5.74) is 1.14. The molecule has 0 saturated carbocycles. The quantitative estimate of drug-likeness (QED) is 0.830. The molecule has 0 amide bonds. The van der Waals surface area contributed by atoms with Gasteiger partial charge in [-0.3, -0.25) is 0 Å². The van der Waals surface area contributed by atoms with E-state index in [1.54, 1.807) is 37.4 Å². The lowest BCUT2D eigenvalue weighted by molar-refractivity contribution is 0.576. The summed E-state index contributed by atoms with van der Waals surface area (Å²) in [6.07, 6.45) is 0. The largest absolute Gasteiger partial charge is 0.309 e. The van der Waals surface area contributed by atoms with Gasteiger partial charge in [-0.1, -0.05) is 59.1 Å². The molecule has 0 aliphatic carbocycles. The molecule has 0 aliphatic rings. The summed E-state index contributed by atoms with van der Waals surface area (Å²) in [4.78, 5) is 0. The molecular weight excluding hydrogens is 308 g/mol. The maximum atomic E-state index is 14.1. The Bertz CT molecular complexity index is 550. The Hall–Kier alpha value is -0.800. The van der Waals surface area contributed by atoms with Crippen molar-refractivity contribution in [3.63, 3.8) is 0 Å². The zero-order valence-electron chi connectivity index (χ0n) is 10.1. The first-order valence-corrected chi connectivity index (χ1v) is 6.74. The first-order chi connectivity index (χ1) is 9.06. The number of halogens is 4. The number of hydrogen-bond donors (Lipinski definition) is 1. The maximum absolute atomic E-state index is 14.1. The molecule has 1 nitrogen and oxygen atoms in total. The Morgan fingerprint density at radius 2 is 1.53 bits per heavy atom. The van der Waals surface area contributed by atoms with Gasteiger partial charge in [0.15, 0.2) is 0 Å².